The molecule has 0 aromatic carbocycles. The second kappa shape index (κ2) is 3.70. The van der Waals surface area contributed by atoms with Gasteiger partial charge in [-0.2, -0.15) is 5.26 Å². The van der Waals surface area contributed by atoms with E-state index in [1.54, 1.807) is 12.5 Å². The predicted octanol–water partition coefficient (Wildman–Crippen LogP) is 2.17. The van der Waals surface area contributed by atoms with E-state index in [0.29, 0.717) is 6.01 Å². The molecular formula is C10H13N3O. The van der Waals surface area contributed by atoms with Gasteiger partial charge in [-0.15, -0.1) is 0 Å². The summed E-state index contributed by atoms with van der Waals surface area (Å²) in [7, 11) is 0. The number of rotatable bonds is 5. The minimum Gasteiger partial charge on any atom is -0.432 e. The Bertz CT molecular complexity index is 322. The average Bonchev–Trinajstić information content (AvgIpc) is 2.81. The van der Waals surface area contributed by atoms with Crippen molar-refractivity contribution in [2.24, 2.45) is 5.41 Å². The fraction of sp³-hybridized carbons (Fsp3) is 0.600. The lowest BCUT2D eigenvalue weighted by Gasteiger charge is -2.04. The molecule has 1 aliphatic carbocycles. The minimum atomic E-state index is 0.0122. The fourth-order valence-corrected chi connectivity index (χ4v) is 1.50. The summed E-state index contributed by atoms with van der Waals surface area (Å²) in [6.45, 7) is 0.823. The Morgan fingerprint density at radius 2 is 2.50 bits per heavy atom. The second-order valence-corrected chi connectivity index (χ2v) is 3.76. The number of oxazole rings is 1. The zero-order valence-corrected chi connectivity index (χ0v) is 7.99. The standard InChI is InChI=1S/C10H13N3O/c11-8-10(3-4-10)2-1-5-12-9-13-6-7-14-9/h6-7H,1-5H2,(H,12,13). The van der Waals surface area contributed by atoms with Crippen LogP contribution < -0.4 is 5.32 Å². The van der Waals surface area contributed by atoms with E-state index >= 15 is 0 Å². The van der Waals surface area contributed by atoms with E-state index in [1.807, 2.05) is 0 Å². The number of nitrogens with one attached hydrogen (secondary N) is 1. The molecule has 0 saturated heterocycles. The summed E-state index contributed by atoms with van der Waals surface area (Å²) in [6.07, 6.45) is 7.28. The molecule has 0 amide bonds. The van der Waals surface area contributed by atoms with Crippen LogP contribution in [0.2, 0.25) is 0 Å². The molecule has 1 fully saturated rings. The zero-order chi connectivity index (χ0) is 9.86. The van der Waals surface area contributed by atoms with Crippen molar-refractivity contribution in [3.8, 4) is 6.07 Å². The van der Waals surface area contributed by atoms with Crippen molar-refractivity contribution in [3.05, 3.63) is 12.5 Å². The molecule has 1 aromatic heterocycles. The van der Waals surface area contributed by atoms with Gasteiger partial charge in [0, 0.05) is 6.54 Å². The van der Waals surface area contributed by atoms with Crippen LogP contribution in [-0.4, -0.2) is 11.5 Å². The van der Waals surface area contributed by atoms with E-state index in [0.717, 1.165) is 32.2 Å². The summed E-state index contributed by atoms with van der Waals surface area (Å²) in [5, 5.41) is 11.9. The van der Waals surface area contributed by atoms with Gasteiger partial charge in [0.15, 0.2) is 0 Å². The summed E-state index contributed by atoms with van der Waals surface area (Å²) in [4.78, 5) is 3.94. The van der Waals surface area contributed by atoms with Crippen LogP contribution in [-0.2, 0) is 0 Å². The molecule has 1 N–H and O–H groups in total. The minimum absolute atomic E-state index is 0.0122. The van der Waals surface area contributed by atoms with Crippen molar-refractivity contribution in [2.45, 2.75) is 25.7 Å². The molecule has 1 aromatic rings. The van der Waals surface area contributed by atoms with Crippen LogP contribution >= 0.6 is 0 Å². The number of hydrogen-bond acceptors (Lipinski definition) is 4. The molecule has 0 spiro atoms. The highest BCUT2D eigenvalue weighted by molar-refractivity contribution is 5.17. The normalized spacial score (nSPS) is 17.4. The van der Waals surface area contributed by atoms with Gasteiger partial charge in [0.25, 0.3) is 6.01 Å². The molecule has 1 heterocycles. The molecule has 0 bridgehead atoms. The summed E-state index contributed by atoms with van der Waals surface area (Å²) in [5.41, 5.74) is 0.0122. The molecule has 0 aliphatic heterocycles. The molecule has 2 rings (SSSR count). The third-order valence-electron chi connectivity index (χ3n) is 2.63. The lowest BCUT2D eigenvalue weighted by Crippen LogP contribution is -2.05. The summed E-state index contributed by atoms with van der Waals surface area (Å²) >= 11 is 0. The molecule has 0 unspecified atom stereocenters. The van der Waals surface area contributed by atoms with Crippen LogP contribution in [0, 0.1) is 16.7 Å². The first-order valence-electron chi connectivity index (χ1n) is 4.89. The molecule has 1 saturated carbocycles. The summed E-state index contributed by atoms with van der Waals surface area (Å²) in [5.74, 6) is 0. The van der Waals surface area contributed by atoms with Crippen LogP contribution in [0.1, 0.15) is 25.7 Å². The Balaban J connectivity index is 1.63. The maximum Gasteiger partial charge on any atom is 0.294 e. The number of hydrogen-bond donors (Lipinski definition) is 1. The number of nitriles is 1. The molecule has 0 radical (unpaired) electrons. The Morgan fingerprint density at radius 1 is 1.64 bits per heavy atom. The highest BCUT2D eigenvalue weighted by Crippen LogP contribution is 2.48. The first kappa shape index (κ1) is 9.07. The Kier molecular flexibility index (Phi) is 2.40. The topological polar surface area (TPSA) is 61.9 Å². The highest BCUT2D eigenvalue weighted by atomic mass is 16.4. The SMILES string of the molecule is N#CC1(CCCNc2ncco2)CC1. The molecule has 14 heavy (non-hydrogen) atoms. The average molecular weight is 191 g/mol. The molecule has 1 aliphatic rings. The van der Waals surface area contributed by atoms with E-state index in [1.165, 1.54) is 0 Å². The van der Waals surface area contributed by atoms with Crippen LogP contribution in [0.5, 0.6) is 0 Å². The smallest absolute Gasteiger partial charge is 0.294 e. The van der Waals surface area contributed by atoms with Crippen LogP contribution in [0.3, 0.4) is 0 Å². The first-order valence-corrected chi connectivity index (χ1v) is 4.89. The fourth-order valence-electron chi connectivity index (χ4n) is 1.50. The predicted molar refractivity (Wildman–Crippen MR) is 51.5 cm³/mol. The van der Waals surface area contributed by atoms with Gasteiger partial charge >= 0.3 is 0 Å². The van der Waals surface area contributed by atoms with Crippen molar-refractivity contribution < 1.29 is 4.42 Å². The van der Waals surface area contributed by atoms with Gasteiger partial charge in [-0.3, -0.25) is 0 Å². The van der Waals surface area contributed by atoms with E-state index in [4.69, 9.17) is 9.68 Å². The van der Waals surface area contributed by atoms with Crippen molar-refractivity contribution in [2.75, 3.05) is 11.9 Å². The summed E-state index contributed by atoms with van der Waals surface area (Å²) < 4.78 is 5.02. The van der Waals surface area contributed by atoms with Crippen molar-refractivity contribution in [3.63, 3.8) is 0 Å². The van der Waals surface area contributed by atoms with Crippen molar-refractivity contribution in [1.29, 1.82) is 5.26 Å². The number of anilines is 1. The van der Waals surface area contributed by atoms with E-state index < -0.39 is 0 Å². The third kappa shape index (κ3) is 2.05. The van der Waals surface area contributed by atoms with Gasteiger partial charge in [-0.1, -0.05) is 0 Å². The van der Waals surface area contributed by atoms with Gasteiger partial charge in [-0.05, 0) is 25.7 Å². The van der Waals surface area contributed by atoms with E-state index in [-0.39, 0.29) is 5.41 Å². The molecular weight excluding hydrogens is 178 g/mol. The quantitative estimate of drug-likeness (QED) is 0.724. The van der Waals surface area contributed by atoms with Gasteiger partial charge in [-0.25, -0.2) is 4.98 Å². The zero-order valence-electron chi connectivity index (χ0n) is 7.99. The highest BCUT2D eigenvalue weighted by Gasteiger charge is 2.42. The maximum absolute atomic E-state index is 8.84. The Morgan fingerprint density at radius 3 is 3.07 bits per heavy atom. The van der Waals surface area contributed by atoms with Gasteiger partial charge in [0.05, 0.1) is 17.7 Å². The Hall–Kier alpha value is -1.50. The van der Waals surface area contributed by atoms with E-state index in [9.17, 15) is 0 Å². The van der Waals surface area contributed by atoms with Crippen LogP contribution in [0.4, 0.5) is 6.01 Å². The molecule has 4 heteroatoms. The van der Waals surface area contributed by atoms with Crippen molar-refractivity contribution in [1.82, 2.24) is 4.98 Å². The van der Waals surface area contributed by atoms with Gasteiger partial charge in [0.2, 0.25) is 0 Å². The number of nitrogens with zero attached hydrogens (tertiary/aromatic N) is 2. The second-order valence-electron chi connectivity index (χ2n) is 3.76. The summed E-state index contributed by atoms with van der Waals surface area (Å²) in [6, 6.07) is 2.94. The largest absolute Gasteiger partial charge is 0.432 e. The van der Waals surface area contributed by atoms with Crippen LogP contribution in [0.25, 0.3) is 0 Å². The van der Waals surface area contributed by atoms with Gasteiger partial charge < -0.3 is 9.73 Å². The van der Waals surface area contributed by atoms with Gasteiger partial charge in [0.1, 0.15) is 6.26 Å². The van der Waals surface area contributed by atoms with Crippen LogP contribution in [0.15, 0.2) is 16.9 Å². The molecule has 0 atom stereocenters. The Labute approximate surface area is 82.9 Å². The first-order chi connectivity index (χ1) is 6.85. The monoisotopic (exact) mass is 191 g/mol. The lowest BCUT2D eigenvalue weighted by atomic mass is 10.0. The number of aromatic nitrogens is 1. The lowest BCUT2D eigenvalue weighted by molar-refractivity contribution is 0.550. The van der Waals surface area contributed by atoms with Crippen molar-refractivity contribution >= 4 is 6.01 Å². The maximum atomic E-state index is 8.84. The third-order valence-corrected chi connectivity index (χ3v) is 2.63. The molecule has 74 valence electrons. The van der Waals surface area contributed by atoms with E-state index in [2.05, 4.69) is 16.4 Å². The molecule has 4 nitrogen and oxygen atoms in total.